The van der Waals surface area contributed by atoms with Gasteiger partial charge >= 0.3 is 6.09 Å². The number of hydroxylamine groups is 1. The number of cyclic esters (lactones) is 1. The van der Waals surface area contributed by atoms with E-state index in [1.165, 1.54) is 11.0 Å². The zero-order chi connectivity index (χ0) is 26.3. The van der Waals surface area contributed by atoms with Crippen LogP contribution in [-0.2, 0) is 16.1 Å². The molecule has 3 aromatic rings. The summed E-state index contributed by atoms with van der Waals surface area (Å²) in [4.78, 5) is 26.1. The molecule has 2 aromatic heterocycles. The van der Waals surface area contributed by atoms with Crippen molar-refractivity contribution in [3.63, 3.8) is 0 Å². The molecular weight excluding hydrogens is 493 g/mol. The maximum atomic E-state index is 15.1. The summed E-state index contributed by atoms with van der Waals surface area (Å²) in [5.74, 6) is -0.476. The lowest BCUT2D eigenvalue weighted by Crippen LogP contribution is -2.50. The van der Waals surface area contributed by atoms with Crippen molar-refractivity contribution in [2.75, 3.05) is 31.6 Å². The predicted octanol–water partition coefficient (Wildman–Crippen LogP) is 2.21. The summed E-state index contributed by atoms with van der Waals surface area (Å²) in [5.41, 5.74) is 4.62. The fourth-order valence-corrected chi connectivity index (χ4v) is 5.02. The summed E-state index contributed by atoms with van der Waals surface area (Å²) in [7, 11) is 2.04. The van der Waals surface area contributed by atoms with Crippen molar-refractivity contribution >= 4 is 17.5 Å². The average Bonchev–Trinajstić information content (AvgIpc) is 3.68. The maximum absolute atomic E-state index is 15.1. The van der Waals surface area contributed by atoms with E-state index >= 15 is 4.39 Å². The van der Waals surface area contributed by atoms with Gasteiger partial charge in [-0.05, 0) is 50.2 Å². The molecule has 2 saturated heterocycles. The molecule has 5 heterocycles. The number of nitrogens with one attached hydrogen (secondary N) is 1. The van der Waals surface area contributed by atoms with Crippen LogP contribution in [0.1, 0.15) is 18.5 Å². The lowest BCUT2D eigenvalue weighted by atomic mass is 9.86. The summed E-state index contributed by atoms with van der Waals surface area (Å²) in [6.07, 6.45) is 6.52. The van der Waals surface area contributed by atoms with Gasteiger partial charge in [0, 0.05) is 36.6 Å². The van der Waals surface area contributed by atoms with Crippen LogP contribution in [0.4, 0.5) is 14.9 Å². The highest BCUT2D eigenvalue weighted by Crippen LogP contribution is 2.33. The number of amides is 1. The summed E-state index contributed by atoms with van der Waals surface area (Å²) < 4.78 is 22.1. The lowest BCUT2D eigenvalue weighted by molar-refractivity contribution is -0.122. The predicted molar refractivity (Wildman–Crippen MR) is 135 cm³/mol. The minimum Gasteiger partial charge on any atom is -0.442 e. The quantitative estimate of drug-likeness (QED) is 0.503. The number of carbonyl (C=O) groups excluding carboxylic acids is 1. The lowest BCUT2D eigenvalue weighted by Gasteiger charge is -2.38. The van der Waals surface area contributed by atoms with Crippen molar-refractivity contribution in [3.05, 3.63) is 66.5 Å². The highest BCUT2D eigenvalue weighted by atomic mass is 19.1. The van der Waals surface area contributed by atoms with Crippen LogP contribution in [0.25, 0.3) is 16.8 Å². The van der Waals surface area contributed by atoms with Gasteiger partial charge in [0.2, 0.25) is 0 Å². The van der Waals surface area contributed by atoms with Crippen LogP contribution in [0.5, 0.6) is 0 Å². The highest BCUT2D eigenvalue weighted by Gasteiger charge is 2.42. The summed E-state index contributed by atoms with van der Waals surface area (Å²) in [6, 6.07) is 8.19. The third-order valence-electron chi connectivity index (χ3n) is 7.35. The molecule has 198 valence electrons. The number of aliphatic hydroxyl groups is 1. The summed E-state index contributed by atoms with van der Waals surface area (Å²) in [6.45, 7) is 2.26. The number of rotatable bonds is 6. The van der Waals surface area contributed by atoms with Crippen molar-refractivity contribution in [2.45, 2.75) is 37.2 Å². The number of anilines is 1. The topological polar surface area (TPSA) is 118 Å². The van der Waals surface area contributed by atoms with Crippen LogP contribution >= 0.6 is 0 Å². The minimum absolute atomic E-state index is 0.282. The molecule has 0 aliphatic carbocycles. The van der Waals surface area contributed by atoms with E-state index in [2.05, 4.69) is 25.7 Å². The molecule has 3 aliphatic rings. The molecule has 1 amide bonds. The Balaban J connectivity index is 1.14. The molecule has 1 unspecified atom stereocenters. The number of likely N-dealkylation sites (tertiary alicyclic amines) is 1. The van der Waals surface area contributed by atoms with Gasteiger partial charge in [-0.3, -0.25) is 20.2 Å². The molecule has 0 bridgehead atoms. The van der Waals surface area contributed by atoms with Gasteiger partial charge in [-0.15, -0.1) is 5.10 Å². The van der Waals surface area contributed by atoms with Gasteiger partial charge in [-0.1, -0.05) is 11.3 Å². The minimum atomic E-state index is -0.926. The fourth-order valence-electron chi connectivity index (χ4n) is 5.02. The van der Waals surface area contributed by atoms with Crippen LogP contribution < -0.4 is 10.4 Å². The van der Waals surface area contributed by atoms with Gasteiger partial charge < -0.3 is 14.7 Å². The van der Waals surface area contributed by atoms with Gasteiger partial charge in [0.25, 0.3) is 0 Å². The maximum Gasteiger partial charge on any atom is 0.414 e. The summed E-state index contributed by atoms with van der Waals surface area (Å²) >= 11 is 0. The second kappa shape index (κ2) is 9.78. The summed E-state index contributed by atoms with van der Waals surface area (Å²) in [5, 5.41) is 18.7. The zero-order valence-corrected chi connectivity index (χ0v) is 20.8. The van der Waals surface area contributed by atoms with E-state index < -0.39 is 29.7 Å². The smallest absolute Gasteiger partial charge is 0.414 e. The number of piperidine rings is 1. The van der Waals surface area contributed by atoms with Crippen molar-refractivity contribution in [1.82, 2.24) is 30.4 Å². The van der Waals surface area contributed by atoms with E-state index in [0.717, 1.165) is 13.1 Å². The number of hydrogen-bond donors (Lipinski definition) is 2. The molecule has 11 nitrogen and oxygen atoms in total. The van der Waals surface area contributed by atoms with E-state index in [1.54, 1.807) is 47.5 Å². The van der Waals surface area contributed by atoms with Crippen LogP contribution in [0, 0.1) is 5.82 Å². The SMILES string of the molecule is CN1CCC(O)(C2C=C(c3ccc(-c4ccc(N5C[C@H](Cn6ccnn6)OC5=O)cc4F)cn3)NO2)CC1. The van der Waals surface area contributed by atoms with E-state index in [9.17, 15) is 9.90 Å². The largest absolute Gasteiger partial charge is 0.442 e. The Labute approximate surface area is 218 Å². The van der Waals surface area contributed by atoms with Crippen molar-refractivity contribution in [2.24, 2.45) is 0 Å². The molecule has 6 rings (SSSR count). The molecular formula is C26H28FN7O4. The van der Waals surface area contributed by atoms with Gasteiger partial charge in [0.05, 0.1) is 42.0 Å². The number of carbonyl (C=O) groups is 1. The third-order valence-corrected chi connectivity index (χ3v) is 7.35. The molecule has 2 fully saturated rings. The van der Waals surface area contributed by atoms with Crippen LogP contribution in [0.2, 0.25) is 0 Å². The first-order valence-corrected chi connectivity index (χ1v) is 12.5. The number of pyridine rings is 1. The van der Waals surface area contributed by atoms with E-state index in [0.29, 0.717) is 47.6 Å². The fraction of sp³-hybridized carbons (Fsp3) is 0.385. The highest BCUT2D eigenvalue weighted by molar-refractivity contribution is 5.90. The number of benzene rings is 1. The molecule has 2 atom stereocenters. The van der Waals surface area contributed by atoms with Crippen LogP contribution in [0.3, 0.4) is 0 Å². The van der Waals surface area contributed by atoms with E-state index in [1.807, 2.05) is 13.1 Å². The van der Waals surface area contributed by atoms with E-state index in [-0.39, 0.29) is 6.54 Å². The van der Waals surface area contributed by atoms with Gasteiger partial charge in [0.15, 0.2) is 0 Å². The number of halogens is 1. The van der Waals surface area contributed by atoms with Crippen molar-refractivity contribution < 1.29 is 23.9 Å². The Bertz CT molecular complexity index is 1340. The zero-order valence-electron chi connectivity index (χ0n) is 20.8. The van der Waals surface area contributed by atoms with Crippen LogP contribution in [0.15, 0.2) is 55.0 Å². The molecule has 3 aliphatic heterocycles. The standard InChI is InChI=1S/C26H28FN7O4/c1-32-9-6-26(36,7-10-32)24-13-23(30-38-24)22-5-2-17(14-28-22)20-4-3-18(12-21(20)27)34-16-19(37-25(34)35)15-33-11-8-29-31-33/h2-5,8,11-14,19,24,30,36H,6-7,9-10,15-16H2,1H3/t19-,24?/m0/s1. The Morgan fingerprint density at radius 1 is 1.24 bits per heavy atom. The molecule has 0 spiro atoms. The number of aromatic nitrogens is 4. The van der Waals surface area contributed by atoms with Crippen molar-refractivity contribution in [1.29, 1.82) is 0 Å². The molecule has 2 N–H and O–H groups in total. The molecule has 0 saturated carbocycles. The second-order valence-electron chi connectivity index (χ2n) is 9.97. The Morgan fingerprint density at radius 3 is 2.79 bits per heavy atom. The van der Waals surface area contributed by atoms with Crippen LogP contribution in [-0.4, -0.2) is 80.6 Å². The first-order valence-electron chi connectivity index (χ1n) is 12.5. The first-order chi connectivity index (χ1) is 18.4. The van der Waals surface area contributed by atoms with Crippen molar-refractivity contribution in [3.8, 4) is 11.1 Å². The third kappa shape index (κ3) is 4.73. The second-order valence-corrected chi connectivity index (χ2v) is 9.97. The van der Waals surface area contributed by atoms with Gasteiger partial charge in [0.1, 0.15) is 18.0 Å². The number of hydrogen-bond acceptors (Lipinski definition) is 9. The Hall–Kier alpha value is -3.87. The molecule has 0 radical (unpaired) electrons. The average molecular weight is 522 g/mol. The number of ether oxygens (including phenoxy) is 1. The molecule has 38 heavy (non-hydrogen) atoms. The molecule has 12 heteroatoms. The normalized spacial score (nSPS) is 23.3. The Kier molecular flexibility index (Phi) is 6.30. The van der Waals surface area contributed by atoms with E-state index in [4.69, 9.17) is 9.57 Å². The number of nitrogens with zero attached hydrogens (tertiary/aromatic N) is 6. The first kappa shape index (κ1) is 24.5. The molecule has 1 aromatic carbocycles. The van der Waals surface area contributed by atoms with Gasteiger partial charge in [-0.25, -0.2) is 13.9 Å². The van der Waals surface area contributed by atoms with Gasteiger partial charge in [-0.2, -0.15) is 0 Å². The Morgan fingerprint density at radius 2 is 2.08 bits per heavy atom. The monoisotopic (exact) mass is 521 g/mol.